The Labute approximate surface area is 215 Å². The highest BCUT2D eigenvalue weighted by Crippen LogP contribution is 2.37. The number of benzene rings is 3. The van der Waals surface area contributed by atoms with Crippen molar-refractivity contribution in [2.45, 2.75) is 6.61 Å². The molecule has 0 aliphatic carbocycles. The van der Waals surface area contributed by atoms with E-state index in [2.05, 4.69) is 26.5 Å². The largest absolute Gasteiger partial charge is 0.493 e. The van der Waals surface area contributed by atoms with Gasteiger partial charge in [-0.1, -0.05) is 12.1 Å². The average Bonchev–Trinajstić information content (AvgIpc) is 3.43. The van der Waals surface area contributed by atoms with Gasteiger partial charge in [-0.2, -0.15) is 5.10 Å². The molecule has 0 atom stereocenters. The first-order chi connectivity index (χ1) is 17.5. The van der Waals surface area contributed by atoms with Crippen molar-refractivity contribution in [2.75, 3.05) is 7.11 Å². The summed E-state index contributed by atoms with van der Waals surface area (Å²) in [6, 6.07) is 20.6. The number of halogens is 1. The molecule has 0 bridgehead atoms. The van der Waals surface area contributed by atoms with Crippen LogP contribution in [0.5, 0.6) is 11.5 Å². The number of amides is 1. The molecule has 0 aliphatic rings. The molecule has 1 aromatic heterocycles. The van der Waals surface area contributed by atoms with Gasteiger partial charge in [0.15, 0.2) is 11.5 Å². The van der Waals surface area contributed by atoms with Crippen LogP contribution >= 0.6 is 15.9 Å². The summed E-state index contributed by atoms with van der Waals surface area (Å²) in [6.45, 7) is 0.192. The number of aromatic nitrogens is 1. The molecule has 4 aromatic rings. The van der Waals surface area contributed by atoms with Gasteiger partial charge in [0.25, 0.3) is 11.6 Å². The SMILES string of the molecule is COc1cc(/C=N\NC(=O)c2ccccc2-n2cccc2)cc(Br)c1OCc1ccc([N+](=O)[O-])cc1. The van der Waals surface area contributed by atoms with Crippen molar-refractivity contribution in [1.29, 1.82) is 0 Å². The van der Waals surface area contributed by atoms with Crippen LogP contribution < -0.4 is 14.9 Å². The maximum absolute atomic E-state index is 12.7. The molecule has 1 heterocycles. The van der Waals surface area contributed by atoms with E-state index in [4.69, 9.17) is 9.47 Å². The van der Waals surface area contributed by atoms with Gasteiger partial charge >= 0.3 is 0 Å². The number of hydrazone groups is 1. The summed E-state index contributed by atoms with van der Waals surface area (Å²) in [5.41, 5.74) is 5.24. The average molecular weight is 549 g/mol. The van der Waals surface area contributed by atoms with Crippen LogP contribution in [0.4, 0.5) is 5.69 Å². The molecule has 0 aliphatic heterocycles. The smallest absolute Gasteiger partial charge is 0.273 e. The lowest BCUT2D eigenvalue weighted by atomic mass is 10.1. The Morgan fingerprint density at radius 3 is 2.53 bits per heavy atom. The molecule has 182 valence electrons. The first-order valence-corrected chi connectivity index (χ1v) is 11.5. The van der Waals surface area contributed by atoms with Crippen LogP contribution in [0, 0.1) is 10.1 Å². The first-order valence-electron chi connectivity index (χ1n) is 10.8. The molecule has 0 radical (unpaired) electrons. The van der Waals surface area contributed by atoms with Crippen molar-refractivity contribution < 1.29 is 19.2 Å². The molecule has 1 amide bonds. The van der Waals surface area contributed by atoms with Crippen molar-refractivity contribution in [1.82, 2.24) is 9.99 Å². The van der Waals surface area contributed by atoms with Gasteiger partial charge in [-0.3, -0.25) is 14.9 Å². The molecule has 0 fully saturated rings. The molecule has 9 nitrogen and oxygen atoms in total. The van der Waals surface area contributed by atoms with Crippen LogP contribution in [0.15, 0.2) is 94.8 Å². The van der Waals surface area contributed by atoms with Gasteiger partial charge in [-0.15, -0.1) is 0 Å². The monoisotopic (exact) mass is 548 g/mol. The summed E-state index contributed by atoms with van der Waals surface area (Å²) in [5.74, 6) is 0.583. The van der Waals surface area contributed by atoms with E-state index in [1.54, 1.807) is 36.4 Å². The second-order valence-corrected chi connectivity index (χ2v) is 8.41. The van der Waals surface area contributed by atoms with Gasteiger partial charge < -0.3 is 14.0 Å². The second kappa shape index (κ2) is 11.3. The van der Waals surface area contributed by atoms with Crippen molar-refractivity contribution in [3.8, 4) is 17.2 Å². The summed E-state index contributed by atoms with van der Waals surface area (Å²) in [4.78, 5) is 23.1. The number of hydrogen-bond acceptors (Lipinski definition) is 6. The van der Waals surface area contributed by atoms with E-state index in [0.717, 1.165) is 11.3 Å². The maximum Gasteiger partial charge on any atom is 0.273 e. The quantitative estimate of drug-likeness (QED) is 0.169. The molecule has 4 rings (SSSR count). The molecule has 0 saturated heterocycles. The van der Waals surface area contributed by atoms with Crippen LogP contribution in [-0.4, -0.2) is 28.7 Å². The number of methoxy groups -OCH3 is 1. The van der Waals surface area contributed by atoms with Crippen molar-refractivity contribution in [3.63, 3.8) is 0 Å². The minimum atomic E-state index is -0.450. The molecule has 36 heavy (non-hydrogen) atoms. The number of nitrogens with one attached hydrogen (secondary N) is 1. The van der Waals surface area contributed by atoms with Crippen molar-refractivity contribution >= 4 is 33.7 Å². The van der Waals surface area contributed by atoms with E-state index >= 15 is 0 Å². The van der Waals surface area contributed by atoms with E-state index in [-0.39, 0.29) is 18.2 Å². The number of ether oxygens (including phenoxy) is 2. The Morgan fingerprint density at radius 2 is 1.83 bits per heavy atom. The number of rotatable bonds is 9. The predicted molar refractivity (Wildman–Crippen MR) is 139 cm³/mol. The fourth-order valence-electron chi connectivity index (χ4n) is 3.44. The number of nitro benzene ring substituents is 1. The van der Waals surface area contributed by atoms with Gasteiger partial charge in [0, 0.05) is 24.5 Å². The van der Waals surface area contributed by atoms with Gasteiger partial charge in [-0.05, 0) is 75.6 Å². The van der Waals surface area contributed by atoms with E-state index in [1.807, 2.05) is 41.2 Å². The number of carbonyl (C=O) groups is 1. The molecule has 0 unspecified atom stereocenters. The third kappa shape index (κ3) is 5.78. The number of para-hydroxylation sites is 1. The van der Waals surface area contributed by atoms with Crippen LogP contribution in [0.2, 0.25) is 0 Å². The minimum Gasteiger partial charge on any atom is -0.493 e. The van der Waals surface area contributed by atoms with Crippen molar-refractivity contribution in [2.24, 2.45) is 5.10 Å². The highest BCUT2D eigenvalue weighted by Gasteiger charge is 2.13. The Hall–Kier alpha value is -4.44. The van der Waals surface area contributed by atoms with Crippen LogP contribution in [-0.2, 0) is 6.61 Å². The highest BCUT2D eigenvalue weighted by molar-refractivity contribution is 9.10. The van der Waals surface area contributed by atoms with E-state index < -0.39 is 4.92 Å². The highest BCUT2D eigenvalue weighted by atomic mass is 79.9. The van der Waals surface area contributed by atoms with Gasteiger partial charge in [-0.25, -0.2) is 5.43 Å². The van der Waals surface area contributed by atoms with Crippen molar-refractivity contribution in [3.05, 3.63) is 116 Å². The summed E-state index contributed by atoms with van der Waals surface area (Å²) in [7, 11) is 1.52. The third-order valence-corrected chi connectivity index (χ3v) is 5.78. The fourth-order valence-corrected chi connectivity index (χ4v) is 4.01. The molecular formula is C26H21BrN4O5. The zero-order valence-corrected chi connectivity index (χ0v) is 20.7. The van der Waals surface area contributed by atoms with E-state index in [1.165, 1.54) is 25.5 Å². The van der Waals surface area contributed by atoms with Crippen LogP contribution in [0.1, 0.15) is 21.5 Å². The number of non-ortho nitro benzene ring substituents is 1. The van der Waals surface area contributed by atoms with Crippen LogP contribution in [0.3, 0.4) is 0 Å². The number of hydrogen-bond donors (Lipinski definition) is 1. The normalized spacial score (nSPS) is 10.8. The molecule has 10 heteroatoms. The predicted octanol–water partition coefficient (Wildman–Crippen LogP) is 5.50. The standard InChI is InChI=1S/C26H21BrN4O5/c1-35-24-15-19(14-22(27)25(24)36-17-18-8-10-20(11-9-18)31(33)34)16-28-29-26(32)21-6-2-3-7-23(21)30-12-4-5-13-30/h2-16H,17H2,1H3,(H,29,32)/b28-16-. The summed E-state index contributed by atoms with van der Waals surface area (Å²) in [6.07, 6.45) is 5.23. The lowest BCUT2D eigenvalue weighted by Gasteiger charge is -2.13. The third-order valence-electron chi connectivity index (χ3n) is 5.19. The number of carbonyl (C=O) groups excluding carboxylic acids is 1. The van der Waals surface area contributed by atoms with Gasteiger partial charge in [0.05, 0.1) is 34.0 Å². The topological polar surface area (TPSA) is 108 Å². The molecule has 1 N–H and O–H groups in total. The van der Waals surface area contributed by atoms with E-state index in [9.17, 15) is 14.9 Å². The zero-order chi connectivity index (χ0) is 25.5. The lowest BCUT2D eigenvalue weighted by Crippen LogP contribution is -2.19. The summed E-state index contributed by atoms with van der Waals surface area (Å²) < 4.78 is 13.8. The van der Waals surface area contributed by atoms with Gasteiger partial charge in [0.1, 0.15) is 6.61 Å². The minimum absolute atomic E-state index is 0.0152. The Balaban J connectivity index is 1.44. The first kappa shape index (κ1) is 24.7. The fraction of sp³-hybridized carbons (Fsp3) is 0.0769. The molecule has 0 spiro atoms. The number of nitrogens with zero attached hydrogens (tertiary/aromatic N) is 3. The Morgan fingerprint density at radius 1 is 1.11 bits per heavy atom. The Kier molecular flexibility index (Phi) is 7.76. The molecular weight excluding hydrogens is 528 g/mol. The lowest BCUT2D eigenvalue weighted by molar-refractivity contribution is -0.384. The number of nitro groups is 1. The second-order valence-electron chi connectivity index (χ2n) is 7.55. The summed E-state index contributed by atoms with van der Waals surface area (Å²) in [5, 5.41) is 14.9. The van der Waals surface area contributed by atoms with Gasteiger partial charge in [0.2, 0.25) is 0 Å². The maximum atomic E-state index is 12.7. The molecule has 0 saturated carbocycles. The molecule has 3 aromatic carbocycles. The Bertz CT molecular complexity index is 1400. The van der Waals surface area contributed by atoms with E-state index in [0.29, 0.717) is 27.1 Å². The summed E-state index contributed by atoms with van der Waals surface area (Å²) >= 11 is 3.49. The van der Waals surface area contributed by atoms with Crippen LogP contribution in [0.25, 0.3) is 5.69 Å². The zero-order valence-electron chi connectivity index (χ0n) is 19.1.